The molecule has 1 aliphatic rings. The topological polar surface area (TPSA) is 73.2 Å². The maximum Gasteiger partial charge on any atom is 0.236 e. The van der Waals surface area contributed by atoms with Crippen molar-refractivity contribution < 1.29 is 13.9 Å². The highest BCUT2D eigenvalue weighted by Crippen LogP contribution is 2.40. The fraction of sp³-hybridized carbons (Fsp3) is 0.375. The van der Waals surface area contributed by atoms with Crippen LogP contribution in [0.3, 0.4) is 0 Å². The third-order valence-electron chi connectivity index (χ3n) is 3.98. The standard InChI is InChI=1S/C16H17N3O3/c1-2-12-9-20-16(22-12,8-15-17-10-18-19-15)14-7-11-5-3-4-6-13(11)21-14/h3-7,10,12H,2,8-9H2,1H3,(H,17,18,19)/t12-,16+/m1/s1. The number of nitrogens with zero attached hydrogens (tertiary/aromatic N) is 2. The lowest BCUT2D eigenvalue weighted by Gasteiger charge is -2.24. The summed E-state index contributed by atoms with van der Waals surface area (Å²) in [5, 5.41) is 7.78. The van der Waals surface area contributed by atoms with Crippen LogP contribution in [0.5, 0.6) is 0 Å². The Bertz CT molecular complexity index is 735. The SMILES string of the molecule is CC[C@@H]1CO[C@](Cc2ncn[nH]2)(c2cc3ccccc3o2)O1. The molecular weight excluding hydrogens is 282 g/mol. The van der Waals surface area contributed by atoms with Crippen LogP contribution in [0.15, 0.2) is 41.1 Å². The molecule has 0 bridgehead atoms. The van der Waals surface area contributed by atoms with Gasteiger partial charge in [0.15, 0.2) is 5.76 Å². The number of aromatic nitrogens is 3. The van der Waals surface area contributed by atoms with Crippen LogP contribution in [0.4, 0.5) is 0 Å². The summed E-state index contributed by atoms with van der Waals surface area (Å²) in [5.41, 5.74) is 0.821. The van der Waals surface area contributed by atoms with Crippen LogP contribution in [0, 0.1) is 0 Å². The first-order valence-electron chi connectivity index (χ1n) is 7.44. The van der Waals surface area contributed by atoms with Crippen LogP contribution >= 0.6 is 0 Å². The molecule has 3 heterocycles. The molecule has 2 atom stereocenters. The lowest BCUT2D eigenvalue weighted by atomic mass is 10.1. The Balaban J connectivity index is 1.76. The van der Waals surface area contributed by atoms with Crippen molar-refractivity contribution in [3.05, 3.63) is 48.2 Å². The zero-order chi connectivity index (χ0) is 15.0. The molecule has 0 radical (unpaired) electrons. The van der Waals surface area contributed by atoms with Crippen molar-refractivity contribution >= 4 is 11.0 Å². The van der Waals surface area contributed by atoms with Crippen molar-refractivity contribution in [1.82, 2.24) is 15.2 Å². The van der Waals surface area contributed by atoms with Crippen LogP contribution in [-0.2, 0) is 21.7 Å². The van der Waals surface area contributed by atoms with Gasteiger partial charge in [0.25, 0.3) is 0 Å². The molecule has 0 aliphatic carbocycles. The molecule has 1 N–H and O–H groups in total. The van der Waals surface area contributed by atoms with Gasteiger partial charge in [-0.3, -0.25) is 5.10 Å². The Morgan fingerprint density at radius 1 is 1.36 bits per heavy atom. The summed E-state index contributed by atoms with van der Waals surface area (Å²) in [5.74, 6) is 0.428. The first kappa shape index (κ1) is 13.5. The van der Waals surface area contributed by atoms with Crippen molar-refractivity contribution in [3.8, 4) is 0 Å². The molecule has 0 amide bonds. The highest BCUT2D eigenvalue weighted by molar-refractivity contribution is 5.77. The normalized spacial score (nSPS) is 25.0. The van der Waals surface area contributed by atoms with Crippen LogP contribution in [0.25, 0.3) is 11.0 Å². The first-order valence-corrected chi connectivity index (χ1v) is 7.44. The number of ether oxygens (including phenoxy) is 2. The third-order valence-corrected chi connectivity index (χ3v) is 3.98. The summed E-state index contributed by atoms with van der Waals surface area (Å²) in [6.45, 7) is 2.62. The molecule has 1 saturated heterocycles. The van der Waals surface area contributed by atoms with Gasteiger partial charge in [-0.25, -0.2) is 4.98 Å². The molecule has 2 aromatic heterocycles. The van der Waals surface area contributed by atoms with E-state index in [0.29, 0.717) is 24.6 Å². The van der Waals surface area contributed by atoms with Crippen molar-refractivity contribution in [1.29, 1.82) is 0 Å². The molecule has 3 aromatic rings. The summed E-state index contributed by atoms with van der Waals surface area (Å²) in [7, 11) is 0. The number of nitrogens with one attached hydrogen (secondary N) is 1. The zero-order valence-electron chi connectivity index (χ0n) is 12.3. The molecule has 1 aromatic carbocycles. The Morgan fingerprint density at radius 3 is 3.00 bits per heavy atom. The Morgan fingerprint density at radius 2 is 2.27 bits per heavy atom. The summed E-state index contributed by atoms with van der Waals surface area (Å²) in [6.07, 6.45) is 2.85. The van der Waals surface area contributed by atoms with Gasteiger partial charge >= 0.3 is 0 Å². The predicted molar refractivity (Wildman–Crippen MR) is 79.1 cm³/mol. The number of hydrogen-bond acceptors (Lipinski definition) is 5. The molecule has 6 nitrogen and oxygen atoms in total. The Labute approximate surface area is 127 Å². The molecule has 6 heteroatoms. The van der Waals surface area contributed by atoms with E-state index in [0.717, 1.165) is 17.4 Å². The number of furan rings is 1. The minimum absolute atomic E-state index is 0.0520. The van der Waals surface area contributed by atoms with E-state index in [1.54, 1.807) is 0 Å². The molecule has 0 saturated carbocycles. The summed E-state index contributed by atoms with van der Waals surface area (Å²) >= 11 is 0. The molecule has 1 aliphatic heterocycles. The van der Waals surface area contributed by atoms with Crippen LogP contribution < -0.4 is 0 Å². The number of H-pyrrole nitrogens is 1. The van der Waals surface area contributed by atoms with Gasteiger partial charge in [-0.2, -0.15) is 5.10 Å². The predicted octanol–water partition coefficient (Wildman–Crippen LogP) is 2.77. The second-order valence-electron chi connectivity index (χ2n) is 5.47. The fourth-order valence-electron chi connectivity index (χ4n) is 2.78. The Kier molecular flexibility index (Phi) is 3.20. The van der Waals surface area contributed by atoms with E-state index in [4.69, 9.17) is 13.9 Å². The smallest absolute Gasteiger partial charge is 0.236 e. The van der Waals surface area contributed by atoms with E-state index in [9.17, 15) is 0 Å². The average Bonchev–Trinajstić information content (AvgIpc) is 3.26. The molecule has 0 unspecified atom stereocenters. The van der Waals surface area contributed by atoms with Crippen LogP contribution in [-0.4, -0.2) is 27.9 Å². The average molecular weight is 299 g/mol. The number of rotatable bonds is 4. The lowest BCUT2D eigenvalue weighted by molar-refractivity contribution is -0.188. The van der Waals surface area contributed by atoms with E-state index in [2.05, 4.69) is 22.1 Å². The molecule has 22 heavy (non-hydrogen) atoms. The van der Waals surface area contributed by atoms with E-state index in [-0.39, 0.29) is 6.10 Å². The number of benzene rings is 1. The van der Waals surface area contributed by atoms with E-state index in [1.807, 2.05) is 30.3 Å². The van der Waals surface area contributed by atoms with Gasteiger partial charge in [-0.15, -0.1) is 0 Å². The van der Waals surface area contributed by atoms with Crippen molar-refractivity contribution in [2.45, 2.75) is 31.7 Å². The second kappa shape index (κ2) is 5.23. The summed E-state index contributed by atoms with van der Waals surface area (Å²) < 4.78 is 18.2. The molecule has 4 rings (SSSR count). The quantitative estimate of drug-likeness (QED) is 0.802. The lowest BCUT2D eigenvalue weighted by Crippen LogP contribution is -2.31. The first-order chi connectivity index (χ1) is 10.8. The van der Waals surface area contributed by atoms with Gasteiger partial charge in [0.1, 0.15) is 17.7 Å². The summed E-state index contributed by atoms with van der Waals surface area (Å²) in [6, 6.07) is 9.85. The van der Waals surface area contributed by atoms with Crippen molar-refractivity contribution in [2.75, 3.05) is 6.61 Å². The number of para-hydroxylation sites is 1. The summed E-state index contributed by atoms with van der Waals surface area (Å²) in [4.78, 5) is 4.19. The largest absolute Gasteiger partial charge is 0.455 e. The fourth-order valence-corrected chi connectivity index (χ4v) is 2.78. The van der Waals surface area contributed by atoms with Crippen LogP contribution in [0.2, 0.25) is 0 Å². The maximum atomic E-state index is 6.18. The van der Waals surface area contributed by atoms with Gasteiger partial charge in [-0.1, -0.05) is 25.1 Å². The molecular formula is C16H17N3O3. The van der Waals surface area contributed by atoms with Crippen molar-refractivity contribution in [3.63, 3.8) is 0 Å². The zero-order valence-corrected chi connectivity index (χ0v) is 12.3. The van der Waals surface area contributed by atoms with E-state index < -0.39 is 5.79 Å². The van der Waals surface area contributed by atoms with Crippen LogP contribution in [0.1, 0.15) is 24.9 Å². The minimum Gasteiger partial charge on any atom is -0.455 e. The van der Waals surface area contributed by atoms with Gasteiger partial charge < -0.3 is 13.9 Å². The highest BCUT2D eigenvalue weighted by atomic mass is 16.8. The second-order valence-corrected chi connectivity index (χ2v) is 5.47. The van der Waals surface area contributed by atoms with Gasteiger partial charge in [0, 0.05) is 5.39 Å². The third kappa shape index (κ3) is 2.20. The number of aromatic amines is 1. The maximum absolute atomic E-state index is 6.18. The number of fused-ring (bicyclic) bond motifs is 1. The van der Waals surface area contributed by atoms with Gasteiger partial charge in [-0.05, 0) is 18.6 Å². The molecule has 1 fully saturated rings. The molecule has 114 valence electrons. The van der Waals surface area contributed by atoms with Gasteiger partial charge in [0.2, 0.25) is 5.79 Å². The number of hydrogen-bond donors (Lipinski definition) is 1. The Hall–Kier alpha value is -2.18. The van der Waals surface area contributed by atoms with Gasteiger partial charge in [0.05, 0.1) is 19.1 Å². The van der Waals surface area contributed by atoms with E-state index in [1.165, 1.54) is 6.33 Å². The molecule has 0 spiro atoms. The van der Waals surface area contributed by atoms with E-state index >= 15 is 0 Å². The monoisotopic (exact) mass is 299 g/mol. The minimum atomic E-state index is -0.945. The highest BCUT2D eigenvalue weighted by Gasteiger charge is 2.46. The van der Waals surface area contributed by atoms with Crippen molar-refractivity contribution in [2.24, 2.45) is 0 Å².